The van der Waals surface area contributed by atoms with Crippen molar-refractivity contribution in [3.8, 4) is 5.75 Å². The second-order valence-corrected chi connectivity index (χ2v) is 12.2. The van der Waals surface area contributed by atoms with Gasteiger partial charge in [0.15, 0.2) is 0 Å². The number of amides is 1. The Kier molecular flexibility index (Phi) is 8.30. The lowest BCUT2D eigenvalue weighted by atomic mass is 10.0. The summed E-state index contributed by atoms with van der Waals surface area (Å²) in [6, 6.07) is 8.15. The van der Waals surface area contributed by atoms with Crippen LogP contribution in [0.1, 0.15) is 74.0 Å². The normalized spacial score (nSPS) is 19.3. The first kappa shape index (κ1) is 27.1. The SMILES string of the molecule is COc1ccc2cccnc2c1N1CCCN(C(CC(=O)CCCN2CCCC2=O)c2csc(C3CC3)n2)CC1. The molecule has 40 heavy (non-hydrogen) atoms. The smallest absolute Gasteiger partial charge is 0.222 e. The Labute approximate surface area is 240 Å². The number of aromatic nitrogens is 2. The minimum absolute atomic E-state index is 0.0165. The van der Waals surface area contributed by atoms with Crippen LogP contribution >= 0.6 is 11.3 Å². The second kappa shape index (κ2) is 12.2. The van der Waals surface area contributed by atoms with Gasteiger partial charge in [-0.1, -0.05) is 6.07 Å². The topological polar surface area (TPSA) is 78.9 Å². The molecule has 1 atom stereocenters. The van der Waals surface area contributed by atoms with Gasteiger partial charge in [-0.15, -0.1) is 11.3 Å². The largest absolute Gasteiger partial charge is 0.494 e. The summed E-state index contributed by atoms with van der Waals surface area (Å²) in [4.78, 5) is 41.8. The molecule has 0 spiro atoms. The molecule has 3 fully saturated rings. The van der Waals surface area contributed by atoms with Crippen molar-refractivity contribution < 1.29 is 14.3 Å². The van der Waals surface area contributed by atoms with Crippen LogP contribution < -0.4 is 9.64 Å². The molecule has 8 nitrogen and oxygen atoms in total. The molecule has 0 radical (unpaired) electrons. The van der Waals surface area contributed by atoms with Gasteiger partial charge in [0.2, 0.25) is 5.91 Å². The van der Waals surface area contributed by atoms with E-state index in [4.69, 9.17) is 14.7 Å². The zero-order valence-corrected chi connectivity index (χ0v) is 24.2. The quantitative estimate of drug-likeness (QED) is 0.319. The standard InChI is InChI=1S/C31H39N5O3S/c1-39-27-12-11-22-6-2-13-32-29(22)30(27)36-17-5-16-34(18-19-36)26(25-21-40-31(33-25)23-9-10-23)20-24(37)7-3-14-35-15-4-8-28(35)38/h2,6,11-13,21,23,26H,3-5,7-10,14-20H2,1H3. The van der Waals surface area contributed by atoms with Gasteiger partial charge in [-0.25, -0.2) is 4.98 Å². The molecule has 2 aromatic heterocycles. The number of fused-ring (bicyclic) bond motifs is 1. The second-order valence-electron chi connectivity index (χ2n) is 11.3. The van der Waals surface area contributed by atoms with E-state index in [0.29, 0.717) is 31.7 Å². The number of benzene rings is 1. The first-order valence-electron chi connectivity index (χ1n) is 14.8. The van der Waals surface area contributed by atoms with Crippen molar-refractivity contribution in [1.82, 2.24) is 19.8 Å². The molecule has 2 aliphatic heterocycles. The summed E-state index contributed by atoms with van der Waals surface area (Å²) in [6.45, 7) is 5.00. The van der Waals surface area contributed by atoms with Crippen LogP contribution in [0.3, 0.4) is 0 Å². The molecular formula is C31H39N5O3S. The number of methoxy groups -OCH3 is 1. The van der Waals surface area contributed by atoms with Crippen molar-refractivity contribution in [2.75, 3.05) is 51.3 Å². The van der Waals surface area contributed by atoms with Gasteiger partial charge >= 0.3 is 0 Å². The Morgan fingerprint density at radius 3 is 2.83 bits per heavy atom. The van der Waals surface area contributed by atoms with E-state index >= 15 is 0 Å². The molecule has 3 aliphatic rings. The fourth-order valence-electron chi connectivity index (χ4n) is 6.17. The van der Waals surface area contributed by atoms with Crippen molar-refractivity contribution >= 4 is 39.6 Å². The fraction of sp³-hybridized carbons (Fsp3) is 0.548. The monoisotopic (exact) mass is 561 g/mol. The number of ketones is 1. The highest BCUT2D eigenvalue weighted by molar-refractivity contribution is 7.09. The molecule has 1 unspecified atom stereocenters. The van der Waals surface area contributed by atoms with Crippen LogP contribution in [0.5, 0.6) is 5.75 Å². The van der Waals surface area contributed by atoms with Gasteiger partial charge in [0.05, 0.1) is 29.4 Å². The highest BCUT2D eigenvalue weighted by Crippen LogP contribution is 2.43. The summed E-state index contributed by atoms with van der Waals surface area (Å²) in [5.41, 5.74) is 3.07. The molecule has 2 saturated heterocycles. The van der Waals surface area contributed by atoms with Crippen LogP contribution in [0, 0.1) is 0 Å². The van der Waals surface area contributed by atoms with Gasteiger partial charge in [-0.3, -0.25) is 19.5 Å². The molecule has 1 saturated carbocycles. The fourth-order valence-corrected chi connectivity index (χ4v) is 7.21. The summed E-state index contributed by atoms with van der Waals surface area (Å²) < 4.78 is 5.78. The third kappa shape index (κ3) is 6.00. The number of hydrogen-bond donors (Lipinski definition) is 0. The summed E-state index contributed by atoms with van der Waals surface area (Å²) >= 11 is 1.75. The van der Waals surface area contributed by atoms with Gasteiger partial charge in [-0.05, 0) is 50.3 Å². The Morgan fingerprint density at radius 2 is 2.02 bits per heavy atom. The van der Waals surface area contributed by atoms with Crippen molar-refractivity contribution in [3.05, 3.63) is 46.5 Å². The van der Waals surface area contributed by atoms with E-state index in [0.717, 1.165) is 80.0 Å². The maximum atomic E-state index is 13.3. The number of likely N-dealkylation sites (tertiary alicyclic amines) is 1. The maximum Gasteiger partial charge on any atom is 0.222 e. The number of carbonyl (C=O) groups excluding carboxylic acids is 2. The summed E-state index contributed by atoms with van der Waals surface area (Å²) in [5, 5.41) is 4.52. The molecule has 0 N–H and O–H groups in total. The lowest BCUT2D eigenvalue weighted by molar-refractivity contribution is -0.128. The molecule has 0 bridgehead atoms. The van der Waals surface area contributed by atoms with Crippen molar-refractivity contribution in [2.45, 2.75) is 63.3 Å². The van der Waals surface area contributed by atoms with Crippen LogP contribution in [-0.4, -0.2) is 77.8 Å². The summed E-state index contributed by atoms with van der Waals surface area (Å²) in [6.07, 6.45) is 8.59. The maximum absolute atomic E-state index is 13.3. The highest BCUT2D eigenvalue weighted by Gasteiger charge is 2.32. The number of anilines is 1. The van der Waals surface area contributed by atoms with Crippen LogP contribution in [0.4, 0.5) is 5.69 Å². The lowest BCUT2D eigenvalue weighted by Gasteiger charge is -2.30. The first-order chi connectivity index (χ1) is 19.6. The average Bonchev–Trinajstić information content (AvgIpc) is 3.65. The zero-order valence-electron chi connectivity index (χ0n) is 23.4. The van der Waals surface area contributed by atoms with Crippen LogP contribution in [-0.2, 0) is 9.59 Å². The van der Waals surface area contributed by atoms with E-state index in [1.54, 1.807) is 18.4 Å². The van der Waals surface area contributed by atoms with E-state index in [1.807, 2.05) is 23.2 Å². The van der Waals surface area contributed by atoms with E-state index in [2.05, 4.69) is 27.3 Å². The average molecular weight is 562 g/mol. The first-order valence-corrected chi connectivity index (χ1v) is 15.6. The molecule has 1 amide bonds. The predicted molar refractivity (Wildman–Crippen MR) is 158 cm³/mol. The number of thiazole rings is 1. The van der Waals surface area contributed by atoms with E-state index in [-0.39, 0.29) is 17.7 Å². The number of Topliss-reactive ketones (excluding diaryl/α,β-unsaturated/α-hetero) is 1. The van der Waals surface area contributed by atoms with Gasteiger partial charge in [-0.2, -0.15) is 0 Å². The molecule has 212 valence electrons. The number of rotatable bonds is 11. The summed E-state index contributed by atoms with van der Waals surface area (Å²) in [7, 11) is 1.72. The Bertz CT molecular complexity index is 1360. The molecule has 9 heteroatoms. The molecule has 1 aromatic carbocycles. The van der Waals surface area contributed by atoms with E-state index < -0.39 is 0 Å². The lowest BCUT2D eigenvalue weighted by Crippen LogP contribution is -2.35. The number of hydrogen-bond acceptors (Lipinski definition) is 8. The number of nitrogens with zero attached hydrogens (tertiary/aromatic N) is 5. The third-order valence-corrected chi connectivity index (χ3v) is 9.53. The minimum atomic E-state index is -0.0165. The summed E-state index contributed by atoms with van der Waals surface area (Å²) in [5.74, 6) is 1.95. The zero-order chi connectivity index (χ0) is 27.5. The Hall–Kier alpha value is -3.04. The van der Waals surface area contributed by atoms with Gasteiger partial charge in [0.1, 0.15) is 17.2 Å². The van der Waals surface area contributed by atoms with E-state index in [9.17, 15) is 9.59 Å². The number of pyridine rings is 1. The Morgan fingerprint density at radius 1 is 1.12 bits per heavy atom. The number of carbonyl (C=O) groups is 2. The van der Waals surface area contributed by atoms with Crippen LogP contribution in [0.25, 0.3) is 10.9 Å². The minimum Gasteiger partial charge on any atom is -0.494 e. The molecular weight excluding hydrogens is 522 g/mol. The number of ether oxygens (including phenoxy) is 1. The molecule has 3 aromatic rings. The Balaban J connectivity index is 1.17. The van der Waals surface area contributed by atoms with Crippen molar-refractivity contribution in [2.24, 2.45) is 0 Å². The molecule has 4 heterocycles. The van der Waals surface area contributed by atoms with Gasteiger partial charge in [0.25, 0.3) is 0 Å². The van der Waals surface area contributed by atoms with Gasteiger partial charge < -0.3 is 14.5 Å². The molecule has 6 rings (SSSR count). The predicted octanol–water partition coefficient (Wildman–Crippen LogP) is 5.19. The van der Waals surface area contributed by atoms with Crippen molar-refractivity contribution in [3.63, 3.8) is 0 Å². The third-order valence-electron chi connectivity index (χ3n) is 8.50. The molecule has 1 aliphatic carbocycles. The van der Waals surface area contributed by atoms with Crippen molar-refractivity contribution in [1.29, 1.82) is 0 Å². The highest BCUT2D eigenvalue weighted by atomic mass is 32.1. The van der Waals surface area contributed by atoms with Gasteiger partial charge in [0, 0.05) is 81.4 Å². The van der Waals surface area contributed by atoms with Crippen LogP contribution in [0.2, 0.25) is 0 Å². The van der Waals surface area contributed by atoms with Crippen LogP contribution in [0.15, 0.2) is 35.8 Å². The van der Waals surface area contributed by atoms with E-state index in [1.165, 1.54) is 17.8 Å².